The van der Waals surface area contributed by atoms with Crippen LogP contribution in [0.25, 0.3) is 0 Å². The summed E-state index contributed by atoms with van der Waals surface area (Å²) in [5.74, 6) is 0.0509. The van der Waals surface area contributed by atoms with Crippen LogP contribution in [0.2, 0.25) is 0 Å². The number of hydrogen-bond acceptors (Lipinski definition) is 6. The van der Waals surface area contributed by atoms with Crippen molar-refractivity contribution in [1.82, 2.24) is 4.98 Å². The first-order valence-electron chi connectivity index (χ1n) is 6.16. The van der Waals surface area contributed by atoms with Crippen LogP contribution in [0.1, 0.15) is 29.6 Å². The number of carboxylic acid groups (broad SMARTS) is 1. The summed E-state index contributed by atoms with van der Waals surface area (Å²) in [7, 11) is 0. The van der Waals surface area contributed by atoms with Gasteiger partial charge in [0.25, 0.3) is 5.69 Å². The van der Waals surface area contributed by atoms with Gasteiger partial charge in [0, 0.05) is 12.6 Å². The number of carboxylic acids is 1. The molecule has 7 nitrogen and oxygen atoms in total. The number of nitrogens with zero attached hydrogens (tertiary/aromatic N) is 2. The molecule has 0 aliphatic carbocycles. The maximum Gasteiger partial charge on any atom is 0.339 e. The van der Waals surface area contributed by atoms with Gasteiger partial charge < -0.3 is 10.4 Å². The zero-order chi connectivity index (χ0) is 15.0. The van der Waals surface area contributed by atoms with E-state index in [2.05, 4.69) is 16.6 Å². The average Bonchev–Trinajstić information content (AvgIpc) is 2.42. The van der Waals surface area contributed by atoms with Gasteiger partial charge >= 0.3 is 5.97 Å². The molecule has 110 valence electrons. The summed E-state index contributed by atoms with van der Waals surface area (Å²) in [4.78, 5) is 24.8. The molecule has 0 aromatic carbocycles. The van der Waals surface area contributed by atoms with E-state index in [4.69, 9.17) is 5.11 Å². The fourth-order valence-corrected chi connectivity index (χ4v) is 2.11. The van der Waals surface area contributed by atoms with Gasteiger partial charge in [0.05, 0.1) is 4.92 Å². The highest BCUT2D eigenvalue weighted by Crippen LogP contribution is 2.19. The minimum atomic E-state index is -1.23. The van der Waals surface area contributed by atoms with Gasteiger partial charge in [0.1, 0.15) is 17.6 Å². The third-order valence-corrected chi connectivity index (χ3v) is 3.33. The van der Waals surface area contributed by atoms with Crippen LogP contribution >= 0.6 is 11.8 Å². The summed E-state index contributed by atoms with van der Waals surface area (Å²) in [6.07, 6.45) is 6.17. The van der Waals surface area contributed by atoms with Crippen LogP contribution in [-0.2, 0) is 0 Å². The summed E-state index contributed by atoms with van der Waals surface area (Å²) in [5, 5.41) is 22.6. The lowest BCUT2D eigenvalue weighted by molar-refractivity contribution is -0.385. The van der Waals surface area contributed by atoms with Crippen molar-refractivity contribution >= 4 is 29.2 Å². The molecule has 0 aliphatic heterocycles. The summed E-state index contributed by atoms with van der Waals surface area (Å²) in [6.45, 7) is 0.597. The molecule has 1 rings (SSSR count). The summed E-state index contributed by atoms with van der Waals surface area (Å²) in [6, 6.07) is 1.02. The van der Waals surface area contributed by atoms with E-state index in [1.807, 2.05) is 0 Å². The van der Waals surface area contributed by atoms with Gasteiger partial charge in [-0.3, -0.25) is 10.1 Å². The van der Waals surface area contributed by atoms with E-state index >= 15 is 0 Å². The molecule has 0 fully saturated rings. The van der Waals surface area contributed by atoms with E-state index in [1.165, 1.54) is 0 Å². The van der Waals surface area contributed by atoms with Crippen LogP contribution < -0.4 is 5.32 Å². The van der Waals surface area contributed by atoms with Crippen molar-refractivity contribution in [3.63, 3.8) is 0 Å². The van der Waals surface area contributed by atoms with Crippen molar-refractivity contribution in [2.75, 3.05) is 23.9 Å². The fourth-order valence-electron chi connectivity index (χ4n) is 1.61. The molecular weight excluding hydrogens is 282 g/mol. The second-order valence-electron chi connectivity index (χ2n) is 4.13. The first kappa shape index (κ1) is 16.2. The second-order valence-corrected chi connectivity index (χ2v) is 5.12. The molecule has 0 aliphatic rings. The first-order chi connectivity index (χ1) is 9.56. The van der Waals surface area contributed by atoms with E-state index in [1.54, 1.807) is 11.8 Å². The van der Waals surface area contributed by atoms with Gasteiger partial charge in [-0.25, -0.2) is 9.78 Å². The summed E-state index contributed by atoms with van der Waals surface area (Å²) >= 11 is 1.79. The predicted octanol–water partition coefficient (Wildman–Crippen LogP) is 2.63. The highest BCUT2D eigenvalue weighted by Gasteiger charge is 2.17. The van der Waals surface area contributed by atoms with Crippen LogP contribution in [0.3, 0.4) is 0 Å². The Bertz CT molecular complexity index is 482. The van der Waals surface area contributed by atoms with Crippen molar-refractivity contribution in [1.29, 1.82) is 0 Å². The first-order valence-corrected chi connectivity index (χ1v) is 7.56. The maximum absolute atomic E-state index is 11.1. The molecule has 2 N–H and O–H groups in total. The number of thioether (sulfide) groups is 1. The SMILES string of the molecule is CSCCCCCNc1ncc([N+](=O)[O-])cc1C(=O)O. The van der Waals surface area contributed by atoms with Gasteiger partial charge in [-0.05, 0) is 24.9 Å². The number of nitrogens with one attached hydrogen (secondary N) is 1. The molecule has 0 saturated carbocycles. The normalized spacial score (nSPS) is 10.2. The molecule has 0 atom stereocenters. The van der Waals surface area contributed by atoms with Crippen molar-refractivity contribution in [2.45, 2.75) is 19.3 Å². The summed E-state index contributed by atoms with van der Waals surface area (Å²) in [5.41, 5.74) is -0.503. The van der Waals surface area contributed by atoms with Crippen molar-refractivity contribution in [3.05, 3.63) is 27.9 Å². The van der Waals surface area contributed by atoms with E-state index in [9.17, 15) is 14.9 Å². The number of nitro groups is 1. The molecule has 20 heavy (non-hydrogen) atoms. The highest BCUT2D eigenvalue weighted by molar-refractivity contribution is 7.98. The zero-order valence-corrected chi connectivity index (χ0v) is 12.0. The molecule has 1 heterocycles. The minimum Gasteiger partial charge on any atom is -0.478 e. The van der Waals surface area contributed by atoms with Crippen LogP contribution in [0.4, 0.5) is 11.5 Å². The van der Waals surface area contributed by atoms with Gasteiger partial charge in [0.15, 0.2) is 0 Å². The van der Waals surface area contributed by atoms with E-state index in [0.717, 1.165) is 37.3 Å². The average molecular weight is 299 g/mol. The smallest absolute Gasteiger partial charge is 0.339 e. The molecular formula is C12H17N3O4S. The number of pyridine rings is 1. The van der Waals surface area contributed by atoms with Crippen LogP contribution in [0, 0.1) is 10.1 Å². The predicted molar refractivity (Wildman–Crippen MR) is 78.6 cm³/mol. The largest absolute Gasteiger partial charge is 0.478 e. The van der Waals surface area contributed by atoms with Crippen LogP contribution in [-0.4, -0.2) is 39.5 Å². The zero-order valence-electron chi connectivity index (χ0n) is 11.2. The van der Waals surface area contributed by atoms with Crippen molar-refractivity contribution in [2.24, 2.45) is 0 Å². The highest BCUT2D eigenvalue weighted by atomic mass is 32.2. The monoisotopic (exact) mass is 299 g/mol. The molecule has 0 bridgehead atoms. The molecule has 0 radical (unpaired) electrons. The molecule has 0 amide bonds. The molecule has 0 unspecified atom stereocenters. The number of anilines is 1. The van der Waals surface area contributed by atoms with Crippen LogP contribution in [0.5, 0.6) is 0 Å². The standard InChI is InChI=1S/C12H17N3O4S/c1-20-6-4-2-3-5-13-11-10(12(16)17)7-9(8-14-11)15(18)19/h7-8H,2-6H2,1H3,(H,13,14)(H,16,17). The Balaban J connectivity index is 2.60. The quantitative estimate of drug-likeness (QED) is 0.410. The molecule has 0 saturated heterocycles. The Morgan fingerprint density at radius 1 is 1.50 bits per heavy atom. The third kappa shape index (κ3) is 5.04. The Hall–Kier alpha value is -1.83. The molecule has 0 spiro atoms. The Morgan fingerprint density at radius 3 is 2.85 bits per heavy atom. The maximum atomic E-state index is 11.1. The van der Waals surface area contributed by atoms with E-state index < -0.39 is 10.9 Å². The molecule has 8 heteroatoms. The lowest BCUT2D eigenvalue weighted by atomic mass is 10.2. The van der Waals surface area contributed by atoms with Gasteiger partial charge in [-0.2, -0.15) is 11.8 Å². The number of aromatic carboxylic acids is 1. The van der Waals surface area contributed by atoms with Gasteiger partial charge in [-0.15, -0.1) is 0 Å². The van der Waals surface area contributed by atoms with Gasteiger partial charge in [-0.1, -0.05) is 6.42 Å². The van der Waals surface area contributed by atoms with Crippen LogP contribution in [0.15, 0.2) is 12.3 Å². The number of carbonyl (C=O) groups is 1. The van der Waals surface area contributed by atoms with Crippen molar-refractivity contribution in [3.8, 4) is 0 Å². The summed E-state index contributed by atoms with van der Waals surface area (Å²) < 4.78 is 0. The molecule has 1 aromatic rings. The second kappa shape index (κ2) is 8.36. The van der Waals surface area contributed by atoms with Gasteiger partial charge in [0.2, 0.25) is 0 Å². The van der Waals surface area contributed by atoms with Crippen molar-refractivity contribution < 1.29 is 14.8 Å². The fraction of sp³-hybridized carbons (Fsp3) is 0.500. The topological polar surface area (TPSA) is 105 Å². The number of aromatic nitrogens is 1. The minimum absolute atomic E-state index is 0.174. The molecule has 1 aromatic heterocycles. The number of rotatable bonds is 9. The Morgan fingerprint density at radius 2 is 2.25 bits per heavy atom. The Kier molecular flexibility index (Phi) is 6.78. The van der Waals surface area contributed by atoms with E-state index in [-0.39, 0.29) is 17.1 Å². The number of hydrogen-bond donors (Lipinski definition) is 2. The lowest BCUT2D eigenvalue weighted by Crippen LogP contribution is -2.10. The van der Waals surface area contributed by atoms with E-state index in [0.29, 0.717) is 6.54 Å². The number of unbranched alkanes of at least 4 members (excludes halogenated alkanes) is 2. The third-order valence-electron chi connectivity index (χ3n) is 2.63. The Labute approximate surface area is 120 Å². The lowest BCUT2D eigenvalue weighted by Gasteiger charge is -2.08.